The Morgan fingerprint density at radius 1 is 0.773 bits per heavy atom. The molecule has 0 N–H and O–H groups in total. The van der Waals surface area contributed by atoms with Gasteiger partial charge in [0.2, 0.25) is 0 Å². The zero-order valence-corrected chi connectivity index (χ0v) is 14.2. The van der Waals surface area contributed by atoms with Gasteiger partial charge in [-0.15, -0.1) is 0 Å². The summed E-state index contributed by atoms with van der Waals surface area (Å²) < 4.78 is 13.5. The van der Waals surface area contributed by atoms with Crippen LogP contribution in [0, 0.1) is 10.4 Å². The fourth-order valence-corrected chi connectivity index (χ4v) is 4.28. The van der Waals surface area contributed by atoms with E-state index in [9.17, 15) is 0 Å². The lowest BCUT2D eigenvalue weighted by atomic mass is 10.1. The quantitative estimate of drug-likeness (QED) is 0.813. The standard InChI is InChI=1S/C18H20NO2P/c1-19(2)22-11-13-7-5-9-15(20-3)17(13)18-14(12-22)8-6-10-16(18)21-4/h5-12H,1-4H3. The van der Waals surface area contributed by atoms with E-state index in [2.05, 4.69) is 42.5 Å². The number of hydrogen-bond acceptors (Lipinski definition) is 3. The second-order valence-corrected chi connectivity index (χ2v) is 7.41. The Morgan fingerprint density at radius 2 is 1.23 bits per heavy atom. The number of rotatable bonds is 3. The van der Waals surface area contributed by atoms with Crippen LogP contribution in [0.2, 0.25) is 0 Å². The molecular weight excluding hydrogens is 293 g/mol. The van der Waals surface area contributed by atoms with Crippen molar-refractivity contribution >= 4 is 19.7 Å². The molecule has 114 valence electrons. The molecule has 22 heavy (non-hydrogen) atoms. The average molecular weight is 313 g/mol. The van der Waals surface area contributed by atoms with Crippen molar-refractivity contribution in [3.8, 4) is 11.5 Å². The first kappa shape index (κ1) is 15.1. The van der Waals surface area contributed by atoms with E-state index in [0.29, 0.717) is 0 Å². The summed E-state index contributed by atoms with van der Waals surface area (Å²) in [7, 11) is 7.17. The molecule has 0 fully saturated rings. The van der Waals surface area contributed by atoms with Crippen molar-refractivity contribution < 1.29 is 9.47 Å². The molecule has 0 amide bonds. The van der Waals surface area contributed by atoms with Crippen LogP contribution in [0.4, 0.5) is 0 Å². The largest absolute Gasteiger partial charge is 0.496 e. The summed E-state index contributed by atoms with van der Waals surface area (Å²) in [6.45, 7) is 0. The van der Waals surface area contributed by atoms with Crippen LogP contribution in [0.3, 0.4) is 0 Å². The van der Waals surface area contributed by atoms with Crippen LogP contribution < -0.4 is 19.9 Å². The summed E-state index contributed by atoms with van der Waals surface area (Å²) >= 11 is 0. The highest BCUT2D eigenvalue weighted by Crippen LogP contribution is 2.42. The minimum absolute atomic E-state index is 0.493. The Balaban J connectivity index is 2.64. The van der Waals surface area contributed by atoms with Crippen molar-refractivity contribution in [3.05, 3.63) is 57.3 Å². The molecular formula is C18H20NO2P. The minimum Gasteiger partial charge on any atom is -0.496 e. The summed E-state index contributed by atoms with van der Waals surface area (Å²) in [5, 5.41) is 4.61. The molecule has 3 nitrogen and oxygen atoms in total. The molecule has 4 heteroatoms. The Morgan fingerprint density at radius 3 is 1.59 bits per heavy atom. The lowest BCUT2D eigenvalue weighted by Crippen LogP contribution is -2.10. The van der Waals surface area contributed by atoms with E-state index in [4.69, 9.17) is 9.47 Å². The van der Waals surface area contributed by atoms with Crippen molar-refractivity contribution in [1.29, 1.82) is 0 Å². The van der Waals surface area contributed by atoms with Crippen molar-refractivity contribution in [2.45, 2.75) is 0 Å². The molecule has 0 aliphatic carbocycles. The zero-order chi connectivity index (χ0) is 15.7. The molecule has 0 saturated carbocycles. The van der Waals surface area contributed by atoms with Crippen LogP contribution in [0.1, 0.15) is 0 Å². The van der Waals surface area contributed by atoms with E-state index in [0.717, 1.165) is 21.9 Å². The van der Waals surface area contributed by atoms with Gasteiger partial charge in [-0.05, 0) is 48.3 Å². The number of hydrogen-bond donors (Lipinski definition) is 0. The van der Waals surface area contributed by atoms with Gasteiger partial charge in [0, 0.05) is 18.5 Å². The maximum Gasteiger partial charge on any atom is 0.127 e. The smallest absolute Gasteiger partial charge is 0.127 e. The van der Waals surface area contributed by atoms with Crippen LogP contribution >= 0.6 is 8.07 Å². The number of ether oxygens (including phenoxy) is 2. The normalized spacial score (nSPS) is 13.5. The summed E-state index contributed by atoms with van der Waals surface area (Å²) in [6.07, 6.45) is 0. The minimum atomic E-state index is -0.493. The van der Waals surface area contributed by atoms with E-state index in [1.54, 1.807) is 14.2 Å². The second kappa shape index (κ2) is 6.12. The molecule has 0 saturated heterocycles. The number of benzene rings is 2. The molecule has 0 aromatic heterocycles. The van der Waals surface area contributed by atoms with E-state index >= 15 is 0 Å². The Hall–Kier alpha value is -1.83. The molecule has 1 heterocycles. The monoisotopic (exact) mass is 313 g/mol. The Kier molecular flexibility index (Phi) is 4.19. The molecule has 0 spiro atoms. The van der Waals surface area contributed by atoms with Gasteiger partial charge >= 0.3 is 0 Å². The van der Waals surface area contributed by atoms with E-state index < -0.39 is 8.07 Å². The fraction of sp³-hybridized carbons (Fsp3) is 0.222. The number of nitrogens with zero attached hydrogens (tertiary/aromatic N) is 1. The summed E-state index contributed by atoms with van der Waals surface area (Å²) in [5.74, 6) is 6.41. The highest BCUT2D eigenvalue weighted by molar-refractivity contribution is 7.71. The second-order valence-electron chi connectivity index (χ2n) is 5.33. The molecule has 0 atom stereocenters. The molecule has 2 aromatic rings. The molecule has 0 bridgehead atoms. The van der Waals surface area contributed by atoms with E-state index in [-0.39, 0.29) is 0 Å². The van der Waals surface area contributed by atoms with Crippen molar-refractivity contribution in [3.63, 3.8) is 0 Å². The van der Waals surface area contributed by atoms with Gasteiger partial charge in [0.1, 0.15) is 11.5 Å². The highest BCUT2D eigenvalue weighted by atomic mass is 31.1. The van der Waals surface area contributed by atoms with Gasteiger partial charge in [0.25, 0.3) is 0 Å². The van der Waals surface area contributed by atoms with Crippen molar-refractivity contribution in [2.24, 2.45) is 0 Å². The maximum absolute atomic E-state index is 5.62. The van der Waals surface area contributed by atoms with Crippen LogP contribution in [-0.4, -0.2) is 33.0 Å². The predicted octanol–water partition coefficient (Wildman–Crippen LogP) is 2.44. The lowest BCUT2D eigenvalue weighted by molar-refractivity contribution is 0.404. The van der Waals surface area contributed by atoms with E-state index in [1.165, 1.54) is 10.4 Å². The first-order valence-corrected chi connectivity index (χ1v) is 8.58. The molecule has 0 unspecified atom stereocenters. The lowest BCUT2D eigenvalue weighted by Gasteiger charge is -2.16. The van der Waals surface area contributed by atoms with Crippen LogP contribution in [0.5, 0.6) is 11.5 Å². The Bertz CT molecular complexity index is 834. The average Bonchev–Trinajstić information content (AvgIpc) is 2.71. The van der Waals surface area contributed by atoms with Gasteiger partial charge in [0.05, 0.1) is 14.2 Å². The zero-order valence-electron chi connectivity index (χ0n) is 13.3. The topological polar surface area (TPSA) is 21.7 Å². The third-order valence-corrected chi connectivity index (χ3v) is 5.82. The predicted molar refractivity (Wildman–Crippen MR) is 92.4 cm³/mol. The first-order chi connectivity index (χ1) is 10.7. The van der Waals surface area contributed by atoms with Gasteiger partial charge in [-0.1, -0.05) is 24.3 Å². The van der Waals surface area contributed by atoms with Gasteiger partial charge in [0.15, 0.2) is 0 Å². The summed E-state index contributed by atoms with van der Waals surface area (Å²) in [5.41, 5.74) is 0. The van der Waals surface area contributed by atoms with Crippen LogP contribution in [-0.2, 0) is 0 Å². The van der Waals surface area contributed by atoms with Gasteiger partial charge in [-0.2, -0.15) is 0 Å². The van der Waals surface area contributed by atoms with Crippen LogP contribution in [0.15, 0.2) is 36.4 Å². The Labute approximate surface area is 131 Å². The highest BCUT2D eigenvalue weighted by Gasteiger charge is 2.11. The molecule has 1 aliphatic heterocycles. The molecule has 2 aromatic carbocycles. The van der Waals surface area contributed by atoms with Gasteiger partial charge in [-0.25, -0.2) is 0 Å². The fourth-order valence-electron chi connectivity index (χ4n) is 2.74. The SMILES string of the molecule is COc1cccc2c1=c1c(OC)cccc1=CP(N(C)C)C=2. The van der Waals surface area contributed by atoms with Crippen LogP contribution in [0.25, 0.3) is 11.6 Å². The summed E-state index contributed by atoms with van der Waals surface area (Å²) in [6, 6.07) is 12.4. The number of fused-ring (bicyclic) bond motifs is 2. The third-order valence-electron chi connectivity index (χ3n) is 3.81. The molecule has 0 radical (unpaired) electrons. The van der Waals surface area contributed by atoms with Gasteiger partial charge in [-0.3, -0.25) is 4.67 Å². The van der Waals surface area contributed by atoms with Crippen molar-refractivity contribution in [1.82, 2.24) is 4.67 Å². The van der Waals surface area contributed by atoms with E-state index in [1.807, 2.05) is 24.3 Å². The van der Waals surface area contributed by atoms with Gasteiger partial charge < -0.3 is 9.47 Å². The third kappa shape index (κ3) is 2.51. The molecule has 3 rings (SSSR count). The van der Waals surface area contributed by atoms with Crippen molar-refractivity contribution in [2.75, 3.05) is 28.3 Å². The summed E-state index contributed by atoms with van der Waals surface area (Å²) in [4.78, 5) is 0. The first-order valence-electron chi connectivity index (χ1n) is 7.15. The maximum atomic E-state index is 5.62. The molecule has 1 aliphatic rings. The number of methoxy groups -OCH3 is 2.